The largest absolute Gasteiger partial charge is 0.395 e. The van der Waals surface area contributed by atoms with Crippen molar-refractivity contribution in [3.05, 3.63) is 23.8 Å². The van der Waals surface area contributed by atoms with Gasteiger partial charge in [-0.25, -0.2) is 0 Å². The van der Waals surface area contributed by atoms with Crippen molar-refractivity contribution < 1.29 is 18.3 Å². The molecule has 1 aliphatic rings. The Morgan fingerprint density at radius 2 is 2.27 bits per heavy atom. The molecule has 0 spiro atoms. The summed E-state index contributed by atoms with van der Waals surface area (Å²) in [5.41, 5.74) is 0.283. The van der Waals surface area contributed by atoms with Crippen LogP contribution in [0.2, 0.25) is 0 Å². The van der Waals surface area contributed by atoms with E-state index >= 15 is 0 Å². The monoisotopic (exact) mass is 221 g/mol. The van der Waals surface area contributed by atoms with Crippen molar-refractivity contribution in [2.75, 3.05) is 6.54 Å². The third-order valence-electron chi connectivity index (χ3n) is 2.23. The van der Waals surface area contributed by atoms with Crippen LogP contribution in [0, 0.1) is 5.92 Å². The van der Waals surface area contributed by atoms with Gasteiger partial charge in [-0.1, -0.05) is 25.2 Å². The lowest BCUT2D eigenvalue weighted by atomic mass is 9.95. The molecular weight excluding hydrogens is 207 g/mol. The van der Waals surface area contributed by atoms with Gasteiger partial charge in [0, 0.05) is 0 Å². The molecule has 0 aromatic carbocycles. The van der Waals surface area contributed by atoms with Gasteiger partial charge in [-0.15, -0.1) is 0 Å². The van der Waals surface area contributed by atoms with Crippen molar-refractivity contribution >= 4 is 0 Å². The van der Waals surface area contributed by atoms with Gasteiger partial charge >= 0.3 is 6.18 Å². The molecule has 2 nitrogen and oxygen atoms in total. The summed E-state index contributed by atoms with van der Waals surface area (Å²) in [5, 5.41) is 12.1. The zero-order valence-electron chi connectivity index (χ0n) is 8.38. The number of likely N-dealkylation sites (N-methyl/N-ethyl adjacent to an activating group) is 1. The maximum atomic E-state index is 12.4. The lowest BCUT2D eigenvalue weighted by Crippen LogP contribution is -2.32. The molecule has 1 aliphatic carbocycles. The van der Waals surface area contributed by atoms with Crippen LogP contribution >= 0.6 is 0 Å². The summed E-state index contributed by atoms with van der Waals surface area (Å²) in [6.45, 7) is 2.28. The normalized spacial score (nSPS) is 23.8. The summed E-state index contributed by atoms with van der Waals surface area (Å²) in [4.78, 5) is 0. The first-order valence-corrected chi connectivity index (χ1v) is 4.81. The maximum absolute atomic E-state index is 12.4. The Balaban J connectivity index is 2.73. The van der Waals surface area contributed by atoms with E-state index in [2.05, 4.69) is 5.32 Å². The van der Waals surface area contributed by atoms with Gasteiger partial charge in [-0.2, -0.15) is 13.2 Å². The van der Waals surface area contributed by atoms with Crippen LogP contribution in [0.1, 0.15) is 13.3 Å². The minimum atomic E-state index is -4.23. The van der Waals surface area contributed by atoms with Crippen LogP contribution in [-0.2, 0) is 0 Å². The molecule has 0 heterocycles. The number of hydrogen-bond donors (Lipinski definition) is 2. The first-order chi connectivity index (χ1) is 6.95. The van der Waals surface area contributed by atoms with Gasteiger partial charge in [0.1, 0.15) is 6.23 Å². The fraction of sp³-hybridized carbons (Fsp3) is 0.600. The molecule has 0 amide bonds. The number of allylic oxidation sites excluding steroid dienone is 2. The number of halogens is 3. The number of aliphatic hydroxyl groups is 1. The van der Waals surface area contributed by atoms with E-state index in [0.29, 0.717) is 6.54 Å². The standard InChI is InChI=1S/C10H14F3NO/c1-2-14-9(15)7-4-3-5-8(6-7)10(11,12)13/h3-4,6,8-9,14-15H,2,5H2,1H3/t8?,9-/m0/s1. The summed E-state index contributed by atoms with van der Waals surface area (Å²) in [6, 6.07) is 0. The Kier molecular flexibility index (Phi) is 3.93. The zero-order valence-corrected chi connectivity index (χ0v) is 8.38. The molecule has 2 N–H and O–H groups in total. The van der Waals surface area contributed by atoms with Crippen molar-refractivity contribution in [1.29, 1.82) is 0 Å². The highest BCUT2D eigenvalue weighted by atomic mass is 19.4. The summed E-state index contributed by atoms with van der Waals surface area (Å²) >= 11 is 0. The van der Waals surface area contributed by atoms with Crippen molar-refractivity contribution in [3.8, 4) is 0 Å². The Morgan fingerprint density at radius 1 is 1.60 bits per heavy atom. The molecule has 0 radical (unpaired) electrons. The zero-order chi connectivity index (χ0) is 11.5. The Bertz CT molecular complexity index is 270. The molecule has 15 heavy (non-hydrogen) atoms. The van der Waals surface area contributed by atoms with Gasteiger partial charge in [0.15, 0.2) is 0 Å². The maximum Gasteiger partial charge on any atom is 0.395 e. The topological polar surface area (TPSA) is 32.3 Å². The number of hydrogen-bond acceptors (Lipinski definition) is 2. The van der Waals surface area contributed by atoms with E-state index < -0.39 is 18.3 Å². The lowest BCUT2D eigenvalue weighted by Gasteiger charge is -2.22. The highest BCUT2D eigenvalue weighted by Gasteiger charge is 2.38. The van der Waals surface area contributed by atoms with Crippen molar-refractivity contribution in [2.24, 2.45) is 5.92 Å². The SMILES string of the molecule is CCN[C@@H](O)C1=CC(C(F)(F)F)CC=C1. The van der Waals surface area contributed by atoms with Crippen LogP contribution in [0.25, 0.3) is 0 Å². The van der Waals surface area contributed by atoms with E-state index in [1.807, 2.05) is 0 Å². The minimum Gasteiger partial charge on any atom is -0.374 e. The predicted molar refractivity (Wildman–Crippen MR) is 51.1 cm³/mol. The number of rotatable bonds is 3. The summed E-state index contributed by atoms with van der Waals surface area (Å²) < 4.78 is 37.2. The molecule has 0 fully saturated rings. The second-order valence-corrected chi connectivity index (χ2v) is 3.41. The fourth-order valence-electron chi connectivity index (χ4n) is 1.43. The summed E-state index contributed by atoms with van der Waals surface area (Å²) in [6.07, 6.45) is -1.26. The van der Waals surface area contributed by atoms with Crippen molar-refractivity contribution in [1.82, 2.24) is 5.32 Å². The summed E-state index contributed by atoms with van der Waals surface area (Å²) in [5.74, 6) is -1.48. The number of alkyl halides is 3. The molecule has 0 aliphatic heterocycles. The van der Waals surface area contributed by atoms with Crippen LogP contribution < -0.4 is 5.32 Å². The highest BCUT2D eigenvalue weighted by molar-refractivity contribution is 5.27. The van der Waals surface area contributed by atoms with Crippen LogP contribution in [0.3, 0.4) is 0 Å². The molecular formula is C10H14F3NO. The molecule has 0 aromatic heterocycles. The third-order valence-corrected chi connectivity index (χ3v) is 2.23. The highest BCUT2D eigenvalue weighted by Crippen LogP contribution is 2.33. The van der Waals surface area contributed by atoms with E-state index in [1.54, 1.807) is 6.92 Å². The van der Waals surface area contributed by atoms with E-state index in [1.165, 1.54) is 12.2 Å². The van der Waals surface area contributed by atoms with Gasteiger partial charge < -0.3 is 5.11 Å². The van der Waals surface area contributed by atoms with E-state index in [-0.39, 0.29) is 12.0 Å². The smallest absolute Gasteiger partial charge is 0.374 e. The van der Waals surface area contributed by atoms with Crippen LogP contribution in [-0.4, -0.2) is 24.1 Å². The molecule has 0 bridgehead atoms. The summed E-state index contributed by atoms with van der Waals surface area (Å²) in [7, 11) is 0. The van der Waals surface area contributed by atoms with E-state index in [4.69, 9.17) is 0 Å². The lowest BCUT2D eigenvalue weighted by molar-refractivity contribution is -0.160. The van der Waals surface area contributed by atoms with Gasteiger partial charge in [-0.3, -0.25) is 5.32 Å². The third kappa shape index (κ3) is 3.35. The van der Waals surface area contributed by atoms with Gasteiger partial charge in [0.2, 0.25) is 0 Å². The van der Waals surface area contributed by atoms with Gasteiger partial charge in [0.05, 0.1) is 5.92 Å². The number of aliphatic hydroxyl groups excluding tert-OH is 1. The second kappa shape index (κ2) is 4.81. The molecule has 5 heteroatoms. The molecule has 0 saturated carbocycles. The molecule has 1 unspecified atom stereocenters. The molecule has 1 rings (SSSR count). The Hall–Kier alpha value is -0.810. The Morgan fingerprint density at radius 3 is 2.80 bits per heavy atom. The molecule has 2 atom stereocenters. The first-order valence-electron chi connectivity index (χ1n) is 4.81. The number of nitrogens with one attached hydrogen (secondary N) is 1. The van der Waals surface area contributed by atoms with E-state index in [9.17, 15) is 18.3 Å². The molecule has 0 aromatic rings. The quantitative estimate of drug-likeness (QED) is 0.714. The average Bonchev–Trinajstić information content (AvgIpc) is 2.17. The second-order valence-electron chi connectivity index (χ2n) is 3.41. The van der Waals surface area contributed by atoms with E-state index in [0.717, 1.165) is 6.08 Å². The van der Waals surface area contributed by atoms with Crippen LogP contribution in [0.4, 0.5) is 13.2 Å². The van der Waals surface area contributed by atoms with Gasteiger partial charge in [-0.05, 0) is 18.5 Å². The molecule has 86 valence electrons. The first kappa shape index (κ1) is 12.3. The molecule has 0 saturated heterocycles. The van der Waals surface area contributed by atoms with Crippen LogP contribution in [0.5, 0.6) is 0 Å². The minimum absolute atomic E-state index is 0.0498. The Labute approximate surface area is 86.5 Å². The van der Waals surface area contributed by atoms with Crippen LogP contribution in [0.15, 0.2) is 23.8 Å². The average molecular weight is 221 g/mol. The predicted octanol–water partition coefficient (Wildman–Crippen LogP) is 1.98. The van der Waals surface area contributed by atoms with Gasteiger partial charge in [0.25, 0.3) is 0 Å². The van der Waals surface area contributed by atoms with Crippen molar-refractivity contribution in [2.45, 2.75) is 25.7 Å². The van der Waals surface area contributed by atoms with Crippen molar-refractivity contribution in [3.63, 3.8) is 0 Å². The fourth-order valence-corrected chi connectivity index (χ4v) is 1.43.